The topological polar surface area (TPSA) is 73.9 Å². The zero-order valence-electron chi connectivity index (χ0n) is 23.1. The second-order valence-electron chi connectivity index (χ2n) is 9.25. The van der Waals surface area contributed by atoms with Crippen molar-refractivity contribution in [1.29, 1.82) is 0 Å². The van der Waals surface area contributed by atoms with Gasteiger partial charge < -0.3 is 19.5 Å². The molecule has 0 aliphatic rings. The Balaban J connectivity index is 1.98. The molecule has 200 valence electrons. The first-order valence-electron chi connectivity index (χ1n) is 12.9. The predicted molar refractivity (Wildman–Crippen MR) is 150 cm³/mol. The summed E-state index contributed by atoms with van der Waals surface area (Å²) in [6.45, 7) is 13.3. The molecule has 0 aliphatic carbocycles. The summed E-state index contributed by atoms with van der Waals surface area (Å²) in [5, 5.41) is 3.00. The van der Waals surface area contributed by atoms with Gasteiger partial charge in [-0.05, 0) is 102 Å². The highest BCUT2D eigenvalue weighted by molar-refractivity contribution is 6.06. The predicted octanol–water partition coefficient (Wildman–Crippen LogP) is 7.35. The third-order valence-corrected chi connectivity index (χ3v) is 5.97. The maximum atomic E-state index is 13.1. The molecule has 37 heavy (non-hydrogen) atoms. The quantitative estimate of drug-likeness (QED) is 0.164. The molecule has 0 radical (unpaired) electrons. The Labute approximate surface area is 221 Å². The van der Waals surface area contributed by atoms with E-state index in [-0.39, 0.29) is 18.3 Å². The minimum absolute atomic E-state index is 0.249. The number of esters is 1. The van der Waals surface area contributed by atoms with E-state index in [0.29, 0.717) is 37.6 Å². The van der Waals surface area contributed by atoms with Crippen molar-refractivity contribution in [2.75, 3.05) is 25.1 Å². The van der Waals surface area contributed by atoms with Crippen molar-refractivity contribution in [2.45, 2.75) is 67.2 Å². The molecule has 0 saturated heterocycles. The average Bonchev–Trinajstić information content (AvgIpc) is 2.86. The summed E-state index contributed by atoms with van der Waals surface area (Å²) in [4.78, 5) is 24.6. The molecule has 0 bridgehead atoms. The first-order valence-corrected chi connectivity index (χ1v) is 12.9. The molecule has 0 atom stereocenters. The molecular formula is C31H41NO5. The summed E-state index contributed by atoms with van der Waals surface area (Å²) in [5.74, 6) is 0.771. The lowest BCUT2D eigenvalue weighted by atomic mass is 10.1. The van der Waals surface area contributed by atoms with Crippen LogP contribution in [0.3, 0.4) is 0 Å². The fourth-order valence-corrected chi connectivity index (χ4v) is 3.65. The average molecular weight is 508 g/mol. The SMILES string of the molecule is CCOC(=O)CCCOc1ccccc1C(=O)Nc1ccc(OCC=C(C)CCC=C(C)C)c(C)c1C. The molecule has 6 nitrogen and oxygen atoms in total. The summed E-state index contributed by atoms with van der Waals surface area (Å²) in [7, 11) is 0. The minimum atomic E-state index is -0.257. The maximum absolute atomic E-state index is 13.1. The molecule has 0 saturated carbocycles. The molecular weight excluding hydrogens is 466 g/mol. The number of allylic oxidation sites excluding steroid dienone is 3. The zero-order chi connectivity index (χ0) is 27.2. The lowest BCUT2D eigenvalue weighted by molar-refractivity contribution is -0.143. The van der Waals surface area contributed by atoms with E-state index < -0.39 is 0 Å². The molecule has 2 rings (SSSR count). The molecule has 0 heterocycles. The van der Waals surface area contributed by atoms with Crippen molar-refractivity contribution < 1.29 is 23.8 Å². The Bertz CT molecular complexity index is 1110. The lowest BCUT2D eigenvalue weighted by Crippen LogP contribution is -2.15. The van der Waals surface area contributed by atoms with Crippen molar-refractivity contribution in [2.24, 2.45) is 0 Å². The summed E-state index contributed by atoms with van der Waals surface area (Å²) < 4.78 is 16.7. The second-order valence-corrected chi connectivity index (χ2v) is 9.25. The van der Waals surface area contributed by atoms with Gasteiger partial charge in [-0.1, -0.05) is 29.4 Å². The van der Waals surface area contributed by atoms with E-state index in [9.17, 15) is 9.59 Å². The molecule has 0 aliphatic heterocycles. The maximum Gasteiger partial charge on any atom is 0.305 e. The van der Waals surface area contributed by atoms with E-state index in [0.717, 1.165) is 35.4 Å². The van der Waals surface area contributed by atoms with Crippen LogP contribution in [0.5, 0.6) is 11.5 Å². The molecule has 1 amide bonds. The van der Waals surface area contributed by atoms with E-state index in [1.807, 2.05) is 32.0 Å². The highest BCUT2D eigenvalue weighted by atomic mass is 16.5. The van der Waals surface area contributed by atoms with Gasteiger partial charge in [-0.3, -0.25) is 9.59 Å². The van der Waals surface area contributed by atoms with Crippen molar-refractivity contribution in [3.05, 3.63) is 76.4 Å². The normalized spacial score (nSPS) is 11.0. The molecule has 1 N–H and O–H groups in total. The van der Waals surface area contributed by atoms with Crippen LogP contribution in [0.2, 0.25) is 0 Å². The van der Waals surface area contributed by atoms with E-state index in [2.05, 4.69) is 38.2 Å². The van der Waals surface area contributed by atoms with Crippen LogP contribution < -0.4 is 14.8 Å². The van der Waals surface area contributed by atoms with Gasteiger partial charge in [-0.15, -0.1) is 0 Å². The number of nitrogens with one attached hydrogen (secondary N) is 1. The molecule has 0 aromatic heterocycles. The van der Waals surface area contributed by atoms with E-state index in [4.69, 9.17) is 14.2 Å². The van der Waals surface area contributed by atoms with Crippen LogP contribution in [0.1, 0.15) is 74.9 Å². The number of hydrogen-bond acceptors (Lipinski definition) is 5. The fourth-order valence-electron chi connectivity index (χ4n) is 3.65. The highest BCUT2D eigenvalue weighted by Gasteiger charge is 2.15. The smallest absolute Gasteiger partial charge is 0.305 e. The Morgan fingerprint density at radius 1 is 0.892 bits per heavy atom. The van der Waals surface area contributed by atoms with Gasteiger partial charge >= 0.3 is 5.97 Å². The first-order chi connectivity index (χ1) is 17.7. The highest BCUT2D eigenvalue weighted by Crippen LogP contribution is 2.29. The summed E-state index contributed by atoms with van der Waals surface area (Å²) >= 11 is 0. The van der Waals surface area contributed by atoms with Crippen molar-refractivity contribution in [3.63, 3.8) is 0 Å². The summed E-state index contributed by atoms with van der Waals surface area (Å²) in [6.07, 6.45) is 7.22. The van der Waals surface area contributed by atoms with Crippen LogP contribution in [0, 0.1) is 13.8 Å². The number of ether oxygens (including phenoxy) is 3. The van der Waals surface area contributed by atoms with Gasteiger partial charge in [0.1, 0.15) is 18.1 Å². The molecule has 0 fully saturated rings. The Morgan fingerprint density at radius 3 is 2.38 bits per heavy atom. The number of benzene rings is 2. The number of rotatable bonds is 14. The van der Waals surface area contributed by atoms with Gasteiger partial charge in [-0.25, -0.2) is 0 Å². The van der Waals surface area contributed by atoms with Gasteiger partial charge in [0.05, 0.1) is 18.8 Å². The molecule has 0 spiro atoms. The second kappa shape index (κ2) is 15.5. The van der Waals surface area contributed by atoms with Crippen LogP contribution >= 0.6 is 0 Å². The largest absolute Gasteiger partial charge is 0.493 e. The molecule has 2 aromatic rings. The van der Waals surface area contributed by atoms with Crippen molar-refractivity contribution in [1.82, 2.24) is 0 Å². The summed E-state index contributed by atoms with van der Waals surface area (Å²) in [5.41, 5.74) is 5.73. The molecule has 2 aromatic carbocycles. The molecule has 6 heteroatoms. The van der Waals surface area contributed by atoms with Crippen LogP contribution in [-0.2, 0) is 9.53 Å². The number of carbonyl (C=O) groups excluding carboxylic acids is 2. The van der Waals surface area contributed by atoms with E-state index >= 15 is 0 Å². The monoisotopic (exact) mass is 507 g/mol. The van der Waals surface area contributed by atoms with Gasteiger partial charge in [0.2, 0.25) is 0 Å². The van der Waals surface area contributed by atoms with Crippen LogP contribution in [0.15, 0.2) is 59.7 Å². The van der Waals surface area contributed by atoms with Crippen LogP contribution in [-0.4, -0.2) is 31.7 Å². The van der Waals surface area contributed by atoms with Gasteiger partial charge in [0, 0.05) is 12.1 Å². The van der Waals surface area contributed by atoms with Gasteiger partial charge in [0.25, 0.3) is 5.91 Å². The van der Waals surface area contributed by atoms with E-state index in [1.165, 1.54) is 11.1 Å². The third kappa shape index (κ3) is 10.2. The van der Waals surface area contributed by atoms with Crippen LogP contribution in [0.25, 0.3) is 0 Å². The first kappa shape index (κ1) is 29.7. The fraction of sp³-hybridized carbons (Fsp3) is 0.419. The third-order valence-electron chi connectivity index (χ3n) is 5.97. The summed E-state index contributed by atoms with van der Waals surface area (Å²) in [6, 6.07) is 10.8. The molecule has 0 unspecified atom stereocenters. The van der Waals surface area contributed by atoms with Gasteiger partial charge in [-0.2, -0.15) is 0 Å². The number of para-hydroxylation sites is 1. The van der Waals surface area contributed by atoms with Crippen LogP contribution in [0.4, 0.5) is 5.69 Å². The van der Waals surface area contributed by atoms with Crippen molar-refractivity contribution >= 4 is 17.6 Å². The number of hydrogen-bond donors (Lipinski definition) is 1. The Kier molecular flexibility index (Phi) is 12.5. The number of amides is 1. The number of anilines is 1. The zero-order valence-corrected chi connectivity index (χ0v) is 23.1. The Hall–Kier alpha value is -3.54. The standard InChI is InChI=1S/C31H41NO5/c1-7-35-30(33)16-11-20-36-29-15-9-8-14-26(29)31(34)32-27-17-18-28(25(6)24(27)5)37-21-19-23(4)13-10-12-22(2)3/h8-9,12,14-15,17-19H,7,10-11,13,16,20-21H2,1-6H3,(H,32,34). The van der Waals surface area contributed by atoms with Crippen molar-refractivity contribution in [3.8, 4) is 11.5 Å². The van der Waals surface area contributed by atoms with E-state index in [1.54, 1.807) is 25.1 Å². The van der Waals surface area contributed by atoms with Gasteiger partial charge in [0.15, 0.2) is 0 Å². The number of carbonyl (C=O) groups is 2. The lowest BCUT2D eigenvalue weighted by Gasteiger charge is -2.16. The minimum Gasteiger partial charge on any atom is -0.493 e. The Morgan fingerprint density at radius 2 is 1.65 bits per heavy atom.